The SMILES string of the molecule is [B]C(O)(Cc1nc(-c2ccccc2)oc1C)Oc1ccc(CC(OC)C(=O)O)c2sccc12. The molecule has 0 saturated heterocycles. The van der Waals surface area contributed by atoms with Gasteiger partial charge in [-0.2, -0.15) is 0 Å². The fourth-order valence-electron chi connectivity index (χ4n) is 3.58. The van der Waals surface area contributed by atoms with E-state index in [1.165, 1.54) is 18.4 Å². The van der Waals surface area contributed by atoms with Gasteiger partial charge in [0, 0.05) is 35.6 Å². The van der Waals surface area contributed by atoms with Crippen LogP contribution in [-0.2, 0) is 22.4 Å². The molecule has 33 heavy (non-hydrogen) atoms. The number of hydrogen-bond donors (Lipinski definition) is 2. The fourth-order valence-corrected chi connectivity index (χ4v) is 4.52. The molecule has 0 aliphatic carbocycles. The van der Waals surface area contributed by atoms with E-state index in [-0.39, 0.29) is 12.8 Å². The number of aliphatic hydroxyl groups is 1. The van der Waals surface area contributed by atoms with E-state index in [2.05, 4.69) is 4.98 Å². The lowest BCUT2D eigenvalue weighted by molar-refractivity contribution is -0.148. The summed E-state index contributed by atoms with van der Waals surface area (Å²) in [4.78, 5) is 15.8. The van der Waals surface area contributed by atoms with Crippen LogP contribution >= 0.6 is 11.3 Å². The van der Waals surface area contributed by atoms with Crippen LogP contribution in [0.5, 0.6) is 5.75 Å². The topological polar surface area (TPSA) is 102 Å². The van der Waals surface area contributed by atoms with E-state index in [1.807, 2.05) is 41.8 Å². The second kappa shape index (κ2) is 9.39. The molecule has 0 amide bonds. The van der Waals surface area contributed by atoms with Crippen LogP contribution in [0.2, 0.25) is 0 Å². The Balaban J connectivity index is 1.56. The number of aliphatic carboxylic acids is 1. The Kier molecular flexibility index (Phi) is 6.55. The number of carboxylic acid groups (broad SMARTS) is 1. The molecule has 4 rings (SSSR count). The van der Waals surface area contributed by atoms with Crippen LogP contribution in [0.15, 0.2) is 58.3 Å². The van der Waals surface area contributed by atoms with Gasteiger partial charge in [-0.3, -0.25) is 0 Å². The molecule has 2 aromatic carbocycles. The summed E-state index contributed by atoms with van der Waals surface area (Å²) in [5.74, 6) is 0.330. The summed E-state index contributed by atoms with van der Waals surface area (Å²) >= 11 is 1.45. The Bertz CT molecular complexity index is 1270. The average Bonchev–Trinajstić information content (AvgIpc) is 3.41. The molecular weight excluding hydrogens is 441 g/mol. The zero-order valence-electron chi connectivity index (χ0n) is 18.1. The molecule has 2 N–H and O–H groups in total. The first kappa shape index (κ1) is 23.0. The van der Waals surface area contributed by atoms with Crippen LogP contribution in [0.4, 0.5) is 0 Å². The largest absolute Gasteiger partial charge is 0.479 e. The number of aromatic nitrogens is 1. The van der Waals surface area contributed by atoms with Gasteiger partial charge in [0.05, 0.1) is 5.69 Å². The second-order valence-corrected chi connectivity index (χ2v) is 8.58. The van der Waals surface area contributed by atoms with Gasteiger partial charge in [0.1, 0.15) is 11.5 Å². The number of aryl methyl sites for hydroxylation is 1. The van der Waals surface area contributed by atoms with E-state index in [9.17, 15) is 15.0 Å². The number of hydrogen-bond acceptors (Lipinski definition) is 7. The van der Waals surface area contributed by atoms with Crippen molar-refractivity contribution in [2.45, 2.75) is 31.6 Å². The third kappa shape index (κ3) is 5.11. The normalized spacial score (nSPS) is 14.2. The number of benzene rings is 2. The predicted octanol–water partition coefficient (Wildman–Crippen LogP) is 3.94. The third-order valence-electron chi connectivity index (χ3n) is 5.24. The van der Waals surface area contributed by atoms with Crippen LogP contribution in [0.25, 0.3) is 21.5 Å². The summed E-state index contributed by atoms with van der Waals surface area (Å²) in [7, 11) is 7.46. The van der Waals surface area contributed by atoms with Gasteiger partial charge < -0.3 is 24.1 Å². The molecule has 0 spiro atoms. The Hall–Kier alpha value is -3.14. The molecule has 0 saturated carbocycles. The minimum absolute atomic E-state index is 0.0900. The molecule has 0 aliphatic rings. The minimum atomic E-state index is -2.04. The summed E-state index contributed by atoms with van der Waals surface area (Å²) < 4.78 is 17.4. The molecule has 2 heterocycles. The predicted molar refractivity (Wildman–Crippen MR) is 126 cm³/mol. The molecule has 2 radical (unpaired) electrons. The molecule has 2 aromatic heterocycles. The van der Waals surface area contributed by atoms with Gasteiger partial charge in [0.15, 0.2) is 19.6 Å². The van der Waals surface area contributed by atoms with Crippen LogP contribution in [-0.4, -0.2) is 47.9 Å². The van der Waals surface area contributed by atoms with Gasteiger partial charge in [-0.1, -0.05) is 24.3 Å². The van der Waals surface area contributed by atoms with Gasteiger partial charge >= 0.3 is 5.97 Å². The fraction of sp³-hybridized carbons (Fsp3) is 0.250. The number of methoxy groups -OCH3 is 1. The van der Waals surface area contributed by atoms with Crippen molar-refractivity contribution in [2.75, 3.05) is 7.11 Å². The lowest BCUT2D eigenvalue weighted by atomic mass is 9.89. The highest BCUT2D eigenvalue weighted by molar-refractivity contribution is 7.17. The molecule has 9 heteroatoms. The van der Waals surface area contributed by atoms with Crippen LogP contribution in [0.1, 0.15) is 17.0 Å². The van der Waals surface area contributed by atoms with Crippen molar-refractivity contribution in [1.82, 2.24) is 4.98 Å². The summed E-state index contributed by atoms with van der Waals surface area (Å²) in [6.45, 7) is 1.76. The van der Waals surface area contributed by atoms with E-state index in [4.69, 9.17) is 21.7 Å². The quantitative estimate of drug-likeness (QED) is 0.286. The lowest BCUT2D eigenvalue weighted by Gasteiger charge is -2.26. The first-order valence-electron chi connectivity index (χ1n) is 10.2. The zero-order valence-corrected chi connectivity index (χ0v) is 19.0. The number of fused-ring (bicyclic) bond motifs is 1. The maximum atomic E-state index is 11.3. The van der Waals surface area contributed by atoms with Gasteiger partial charge in [-0.25, -0.2) is 9.78 Å². The van der Waals surface area contributed by atoms with Crippen LogP contribution < -0.4 is 4.74 Å². The molecule has 168 valence electrons. The van der Waals surface area contributed by atoms with Crippen molar-refractivity contribution in [2.24, 2.45) is 0 Å². The molecule has 7 nitrogen and oxygen atoms in total. The molecule has 2 atom stereocenters. The van der Waals surface area contributed by atoms with Crippen molar-refractivity contribution in [3.8, 4) is 17.2 Å². The Labute approximate surface area is 196 Å². The lowest BCUT2D eigenvalue weighted by Crippen LogP contribution is -2.39. The van der Waals surface area contributed by atoms with E-state index in [0.717, 1.165) is 21.2 Å². The van der Waals surface area contributed by atoms with Crippen molar-refractivity contribution in [3.63, 3.8) is 0 Å². The number of thiophene rings is 1. The first-order valence-corrected chi connectivity index (χ1v) is 11.1. The monoisotopic (exact) mass is 463 g/mol. The standard InChI is InChI=1S/C24H22BNO6S/c1-14-18(26-22(31-14)15-6-4-3-5-7-15)13-24(25,29)32-19-9-8-16(12-20(30-2)23(27)28)21-17(19)10-11-33-21/h3-11,20,29H,12-13H2,1-2H3,(H,27,28). The van der Waals surface area contributed by atoms with Gasteiger partial charge in [-0.05, 0) is 42.1 Å². The Morgan fingerprint density at radius 2 is 2.00 bits per heavy atom. The highest BCUT2D eigenvalue weighted by Crippen LogP contribution is 2.35. The second-order valence-electron chi connectivity index (χ2n) is 7.66. The Morgan fingerprint density at radius 1 is 1.24 bits per heavy atom. The molecule has 0 aliphatic heterocycles. The number of rotatable bonds is 9. The summed E-state index contributed by atoms with van der Waals surface area (Å²) in [5, 5.41) is 22.7. The van der Waals surface area contributed by atoms with Crippen molar-refractivity contribution >= 4 is 35.2 Å². The summed E-state index contributed by atoms with van der Waals surface area (Å²) in [6, 6.07) is 14.7. The van der Waals surface area contributed by atoms with E-state index in [1.54, 1.807) is 19.1 Å². The van der Waals surface area contributed by atoms with Gasteiger partial charge in [0.2, 0.25) is 5.89 Å². The zero-order chi connectivity index (χ0) is 23.6. The van der Waals surface area contributed by atoms with Gasteiger partial charge in [0.25, 0.3) is 0 Å². The molecule has 0 bridgehead atoms. The third-order valence-corrected chi connectivity index (χ3v) is 6.23. The smallest absolute Gasteiger partial charge is 0.333 e. The number of carboxylic acids is 1. The Morgan fingerprint density at radius 3 is 2.70 bits per heavy atom. The van der Waals surface area contributed by atoms with Gasteiger partial charge in [-0.15, -0.1) is 11.3 Å². The summed E-state index contributed by atoms with van der Waals surface area (Å²) in [5.41, 5.74) is 0.0744. The van der Waals surface area contributed by atoms with E-state index >= 15 is 0 Å². The van der Waals surface area contributed by atoms with Crippen LogP contribution in [0.3, 0.4) is 0 Å². The van der Waals surface area contributed by atoms with Crippen molar-refractivity contribution in [1.29, 1.82) is 0 Å². The van der Waals surface area contributed by atoms with E-state index in [0.29, 0.717) is 23.1 Å². The number of oxazole rings is 1. The maximum absolute atomic E-state index is 11.3. The number of nitrogens with zero attached hydrogens (tertiary/aromatic N) is 1. The highest BCUT2D eigenvalue weighted by Gasteiger charge is 2.28. The molecule has 4 aromatic rings. The van der Waals surface area contributed by atoms with E-state index < -0.39 is 17.8 Å². The molecule has 0 fully saturated rings. The molecular formula is C24H22BNO6S. The highest BCUT2D eigenvalue weighted by atomic mass is 32.1. The minimum Gasteiger partial charge on any atom is -0.479 e. The molecule has 2 unspecified atom stereocenters. The maximum Gasteiger partial charge on any atom is 0.333 e. The van der Waals surface area contributed by atoms with Crippen molar-refractivity contribution in [3.05, 3.63) is 70.9 Å². The van der Waals surface area contributed by atoms with Crippen LogP contribution in [0, 0.1) is 6.92 Å². The number of carbonyl (C=O) groups is 1. The first-order chi connectivity index (χ1) is 15.8. The number of ether oxygens (including phenoxy) is 2. The summed E-state index contributed by atoms with van der Waals surface area (Å²) in [6.07, 6.45) is -0.841. The van der Waals surface area contributed by atoms with Crippen molar-refractivity contribution < 1.29 is 28.9 Å². The average molecular weight is 463 g/mol.